The summed E-state index contributed by atoms with van der Waals surface area (Å²) in [6, 6.07) is 9.27. The Bertz CT molecular complexity index is 984. The van der Waals surface area contributed by atoms with Gasteiger partial charge in [0, 0.05) is 41.5 Å². The van der Waals surface area contributed by atoms with Gasteiger partial charge >= 0.3 is 0 Å². The molecule has 8 heteroatoms. The van der Waals surface area contributed by atoms with Crippen LogP contribution in [-0.2, 0) is 22.5 Å². The Labute approximate surface area is 189 Å². The number of benzene rings is 1. The van der Waals surface area contributed by atoms with Crippen LogP contribution in [0.1, 0.15) is 30.0 Å². The normalized spacial score (nSPS) is 16.1. The highest BCUT2D eigenvalue weighted by molar-refractivity contribution is 7.09. The number of aryl methyl sites for hydroxylation is 1. The maximum atomic E-state index is 13.0. The lowest BCUT2D eigenvalue weighted by molar-refractivity contribution is -0.133. The second-order valence-corrected chi connectivity index (χ2v) is 9.11. The van der Waals surface area contributed by atoms with Crippen LogP contribution in [0.25, 0.3) is 11.3 Å². The fourth-order valence-electron chi connectivity index (χ4n) is 3.49. The van der Waals surface area contributed by atoms with Gasteiger partial charge in [-0.15, -0.1) is 11.3 Å². The molecule has 0 saturated carbocycles. The molecule has 0 aliphatic carbocycles. The fourth-order valence-corrected chi connectivity index (χ4v) is 4.71. The van der Waals surface area contributed by atoms with Crippen molar-refractivity contribution in [1.82, 2.24) is 9.88 Å². The molecule has 1 amide bonds. The molecule has 1 saturated heterocycles. The second kappa shape index (κ2) is 9.96. The molecule has 1 atom stereocenters. The summed E-state index contributed by atoms with van der Waals surface area (Å²) < 4.78 is 11.6. The van der Waals surface area contributed by atoms with Gasteiger partial charge in [0.1, 0.15) is 0 Å². The zero-order valence-corrected chi connectivity index (χ0v) is 18.7. The molecular weight excluding hydrogens is 443 g/mol. The average Bonchev–Trinajstić information content (AvgIpc) is 3.49. The van der Waals surface area contributed by atoms with E-state index in [-0.39, 0.29) is 12.0 Å². The van der Waals surface area contributed by atoms with Gasteiger partial charge < -0.3 is 14.1 Å². The molecule has 3 aromatic rings. The standard InChI is InChI=1S/C22H22Cl2N2O3S/c23-15-5-6-18(19(24)11-15)20-12-25-21(29-20)7-8-22(27)26(13-16-3-1-9-28-16)14-17-4-2-10-30-17/h2,4-6,10-12,16H,1,3,7-9,13-14H2. The molecule has 0 spiro atoms. The predicted molar refractivity (Wildman–Crippen MR) is 119 cm³/mol. The summed E-state index contributed by atoms with van der Waals surface area (Å²) in [7, 11) is 0. The zero-order chi connectivity index (χ0) is 20.9. The summed E-state index contributed by atoms with van der Waals surface area (Å²) in [5, 5.41) is 3.09. The summed E-state index contributed by atoms with van der Waals surface area (Å²) in [6.45, 7) is 2.00. The van der Waals surface area contributed by atoms with Gasteiger partial charge in [-0.3, -0.25) is 4.79 Å². The molecule has 4 rings (SSSR count). The molecule has 5 nitrogen and oxygen atoms in total. The van der Waals surface area contributed by atoms with Crippen molar-refractivity contribution < 1.29 is 13.9 Å². The Kier molecular flexibility index (Phi) is 7.10. The van der Waals surface area contributed by atoms with Crippen molar-refractivity contribution in [2.75, 3.05) is 13.2 Å². The molecule has 30 heavy (non-hydrogen) atoms. The quantitative estimate of drug-likeness (QED) is 0.419. The first-order valence-electron chi connectivity index (χ1n) is 9.90. The number of carbonyl (C=O) groups is 1. The topological polar surface area (TPSA) is 55.6 Å². The van der Waals surface area contributed by atoms with Crippen LogP contribution in [0.2, 0.25) is 10.0 Å². The van der Waals surface area contributed by atoms with E-state index in [1.165, 1.54) is 0 Å². The van der Waals surface area contributed by atoms with Crippen molar-refractivity contribution in [3.8, 4) is 11.3 Å². The van der Waals surface area contributed by atoms with Gasteiger partial charge in [0.2, 0.25) is 5.91 Å². The smallest absolute Gasteiger partial charge is 0.223 e. The summed E-state index contributed by atoms with van der Waals surface area (Å²) in [5.74, 6) is 1.15. The van der Waals surface area contributed by atoms with E-state index in [0.717, 1.165) is 29.9 Å². The number of halogens is 2. The molecule has 0 bridgehead atoms. The van der Waals surface area contributed by atoms with Crippen molar-refractivity contribution in [2.24, 2.45) is 0 Å². The number of aromatic nitrogens is 1. The summed E-state index contributed by atoms with van der Waals surface area (Å²) in [6.07, 6.45) is 4.56. The Hall–Kier alpha value is -1.86. The van der Waals surface area contributed by atoms with Crippen molar-refractivity contribution in [2.45, 2.75) is 38.3 Å². The minimum atomic E-state index is 0.0724. The molecule has 1 aliphatic heterocycles. The first kappa shape index (κ1) is 21.4. The highest BCUT2D eigenvalue weighted by Gasteiger charge is 2.23. The number of rotatable bonds is 8. The third-order valence-electron chi connectivity index (χ3n) is 5.03. The molecule has 0 radical (unpaired) electrons. The monoisotopic (exact) mass is 464 g/mol. The first-order valence-corrected chi connectivity index (χ1v) is 11.5. The third kappa shape index (κ3) is 5.43. The Morgan fingerprint density at radius 3 is 2.93 bits per heavy atom. The molecule has 1 aromatic carbocycles. The van der Waals surface area contributed by atoms with E-state index in [4.69, 9.17) is 32.4 Å². The molecule has 0 N–H and O–H groups in total. The van der Waals surface area contributed by atoms with Crippen molar-refractivity contribution in [1.29, 1.82) is 0 Å². The lowest BCUT2D eigenvalue weighted by Crippen LogP contribution is -2.36. The van der Waals surface area contributed by atoms with Gasteiger partial charge in [-0.05, 0) is 42.5 Å². The van der Waals surface area contributed by atoms with Crippen LogP contribution in [0.3, 0.4) is 0 Å². The van der Waals surface area contributed by atoms with Gasteiger partial charge in [-0.1, -0.05) is 29.3 Å². The molecule has 1 aliphatic rings. The minimum absolute atomic E-state index is 0.0724. The molecule has 158 valence electrons. The van der Waals surface area contributed by atoms with Crippen molar-refractivity contribution >= 4 is 40.4 Å². The number of thiophene rings is 1. The van der Waals surface area contributed by atoms with Crippen LogP contribution in [0.4, 0.5) is 0 Å². The molecule has 1 fully saturated rings. The van der Waals surface area contributed by atoms with Crippen molar-refractivity contribution in [3.05, 3.63) is 62.7 Å². The Balaban J connectivity index is 1.39. The molecule has 2 aromatic heterocycles. The van der Waals surface area contributed by atoms with Crippen LogP contribution in [0.5, 0.6) is 0 Å². The van der Waals surface area contributed by atoms with Gasteiger partial charge in [0.05, 0.1) is 23.9 Å². The Morgan fingerprint density at radius 1 is 1.30 bits per heavy atom. The highest BCUT2D eigenvalue weighted by Crippen LogP contribution is 2.31. The lowest BCUT2D eigenvalue weighted by Gasteiger charge is -2.25. The van der Waals surface area contributed by atoms with Gasteiger partial charge in [0.15, 0.2) is 11.7 Å². The first-order chi connectivity index (χ1) is 14.6. The summed E-state index contributed by atoms with van der Waals surface area (Å²) in [4.78, 5) is 20.3. The van der Waals surface area contributed by atoms with Crippen LogP contribution >= 0.6 is 34.5 Å². The van der Waals surface area contributed by atoms with E-state index in [0.29, 0.717) is 47.6 Å². The number of ether oxygens (including phenoxy) is 1. The maximum absolute atomic E-state index is 13.0. The highest BCUT2D eigenvalue weighted by atomic mass is 35.5. The number of amides is 1. The van der Waals surface area contributed by atoms with E-state index in [9.17, 15) is 4.79 Å². The zero-order valence-electron chi connectivity index (χ0n) is 16.4. The van der Waals surface area contributed by atoms with Crippen molar-refractivity contribution in [3.63, 3.8) is 0 Å². The average molecular weight is 465 g/mol. The minimum Gasteiger partial charge on any atom is -0.441 e. The Morgan fingerprint density at radius 2 is 2.20 bits per heavy atom. The van der Waals surface area contributed by atoms with Gasteiger partial charge in [-0.25, -0.2) is 4.98 Å². The molecule has 1 unspecified atom stereocenters. The summed E-state index contributed by atoms with van der Waals surface area (Å²) in [5.41, 5.74) is 0.726. The fraction of sp³-hybridized carbons (Fsp3) is 0.364. The number of hydrogen-bond donors (Lipinski definition) is 0. The van der Waals surface area contributed by atoms with E-state index in [2.05, 4.69) is 11.1 Å². The van der Waals surface area contributed by atoms with Crippen LogP contribution in [0.15, 0.2) is 46.3 Å². The predicted octanol–water partition coefficient (Wildman–Crippen LogP) is 5.85. The van der Waals surface area contributed by atoms with Crippen LogP contribution in [0, 0.1) is 0 Å². The second-order valence-electron chi connectivity index (χ2n) is 7.23. The van der Waals surface area contributed by atoms with Gasteiger partial charge in [0.25, 0.3) is 0 Å². The number of oxazole rings is 1. The maximum Gasteiger partial charge on any atom is 0.223 e. The SMILES string of the molecule is O=C(CCc1ncc(-c2ccc(Cl)cc2Cl)o1)N(Cc1cccs1)CC1CCCO1. The molecular formula is C22H22Cl2N2O3S. The lowest BCUT2D eigenvalue weighted by atomic mass is 10.2. The van der Waals surface area contributed by atoms with Crippen LogP contribution in [-0.4, -0.2) is 35.0 Å². The largest absolute Gasteiger partial charge is 0.441 e. The van der Waals surface area contributed by atoms with E-state index < -0.39 is 0 Å². The van der Waals surface area contributed by atoms with E-state index >= 15 is 0 Å². The summed E-state index contributed by atoms with van der Waals surface area (Å²) >= 11 is 13.9. The van der Waals surface area contributed by atoms with Crippen LogP contribution < -0.4 is 0 Å². The molecule has 3 heterocycles. The van der Waals surface area contributed by atoms with Gasteiger partial charge in [-0.2, -0.15) is 0 Å². The third-order valence-corrected chi connectivity index (χ3v) is 6.44. The van der Waals surface area contributed by atoms with E-state index in [1.807, 2.05) is 16.3 Å². The van der Waals surface area contributed by atoms with E-state index in [1.54, 1.807) is 35.7 Å². The number of carbonyl (C=O) groups excluding carboxylic acids is 1. The number of nitrogens with zero attached hydrogens (tertiary/aromatic N) is 2. The number of hydrogen-bond acceptors (Lipinski definition) is 5.